The standard InChI is InChI=1S/C16H20N2O3S2/c1-12-3-5-13(6-4-12)7-9-15(19)18-11-14-8-10-16(22-14)23(20,21)17-2/h3-6,8,10,17H,7,9,11H2,1-2H3,(H,18,19). The number of sulfonamides is 1. The van der Waals surface area contributed by atoms with Crippen LogP contribution in [0.1, 0.15) is 22.4 Å². The summed E-state index contributed by atoms with van der Waals surface area (Å²) in [5.74, 6) is -0.0444. The van der Waals surface area contributed by atoms with E-state index < -0.39 is 10.0 Å². The third-order valence-electron chi connectivity index (χ3n) is 3.39. The second kappa shape index (κ2) is 7.72. The number of thiophene rings is 1. The SMILES string of the molecule is CNS(=O)(=O)c1ccc(CNC(=O)CCc2ccc(C)cc2)s1. The molecule has 0 fully saturated rings. The van der Waals surface area contributed by atoms with Crippen LogP contribution in [0, 0.1) is 6.92 Å². The number of nitrogens with one attached hydrogen (secondary N) is 2. The number of aryl methyl sites for hydroxylation is 2. The molecule has 0 aliphatic rings. The number of carbonyl (C=O) groups is 1. The van der Waals surface area contributed by atoms with Crippen LogP contribution in [0.5, 0.6) is 0 Å². The highest BCUT2D eigenvalue weighted by Gasteiger charge is 2.14. The zero-order valence-corrected chi connectivity index (χ0v) is 14.8. The maximum absolute atomic E-state index is 11.9. The van der Waals surface area contributed by atoms with E-state index >= 15 is 0 Å². The Bertz CT molecular complexity index is 765. The highest BCUT2D eigenvalue weighted by Crippen LogP contribution is 2.21. The predicted molar refractivity (Wildman–Crippen MR) is 91.9 cm³/mol. The van der Waals surface area contributed by atoms with Gasteiger partial charge >= 0.3 is 0 Å². The molecule has 2 N–H and O–H groups in total. The van der Waals surface area contributed by atoms with Crippen molar-refractivity contribution in [3.05, 3.63) is 52.4 Å². The Balaban J connectivity index is 1.81. The van der Waals surface area contributed by atoms with Crippen LogP contribution in [0.15, 0.2) is 40.6 Å². The first-order valence-corrected chi connectivity index (χ1v) is 9.55. The normalized spacial score (nSPS) is 11.4. The van der Waals surface area contributed by atoms with Gasteiger partial charge in [0, 0.05) is 11.3 Å². The number of carbonyl (C=O) groups excluding carboxylic acids is 1. The summed E-state index contributed by atoms with van der Waals surface area (Å²) >= 11 is 1.16. The molecule has 0 saturated carbocycles. The van der Waals surface area contributed by atoms with E-state index in [1.165, 1.54) is 12.6 Å². The van der Waals surface area contributed by atoms with Crippen molar-refractivity contribution in [2.75, 3.05) is 7.05 Å². The molecule has 23 heavy (non-hydrogen) atoms. The Morgan fingerprint density at radius 2 is 1.83 bits per heavy atom. The van der Waals surface area contributed by atoms with E-state index in [1.807, 2.05) is 31.2 Å². The molecule has 0 bridgehead atoms. The summed E-state index contributed by atoms with van der Waals surface area (Å²) in [6, 6.07) is 11.4. The predicted octanol–water partition coefficient (Wildman–Crippen LogP) is 2.21. The van der Waals surface area contributed by atoms with Gasteiger partial charge in [-0.05, 0) is 38.1 Å². The minimum Gasteiger partial charge on any atom is -0.351 e. The van der Waals surface area contributed by atoms with E-state index in [-0.39, 0.29) is 10.1 Å². The van der Waals surface area contributed by atoms with Crippen LogP contribution >= 0.6 is 11.3 Å². The van der Waals surface area contributed by atoms with Crippen molar-refractivity contribution >= 4 is 27.3 Å². The van der Waals surface area contributed by atoms with E-state index in [9.17, 15) is 13.2 Å². The van der Waals surface area contributed by atoms with Crippen LogP contribution in [0.3, 0.4) is 0 Å². The number of hydrogen-bond donors (Lipinski definition) is 2. The summed E-state index contributed by atoms with van der Waals surface area (Å²) in [5, 5.41) is 2.82. The van der Waals surface area contributed by atoms with Crippen LogP contribution < -0.4 is 10.0 Å². The summed E-state index contributed by atoms with van der Waals surface area (Å²) in [5.41, 5.74) is 2.33. The lowest BCUT2D eigenvalue weighted by molar-refractivity contribution is -0.121. The van der Waals surface area contributed by atoms with Crippen molar-refractivity contribution < 1.29 is 13.2 Å². The van der Waals surface area contributed by atoms with E-state index in [0.717, 1.165) is 21.8 Å². The Labute approximate surface area is 140 Å². The lowest BCUT2D eigenvalue weighted by Crippen LogP contribution is -2.22. The Kier molecular flexibility index (Phi) is 5.92. The first-order valence-electron chi connectivity index (χ1n) is 7.25. The lowest BCUT2D eigenvalue weighted by Gasteiger charge is -2.04. The molecule has 0 spiro atoms. The summed E-state index contributed by atoms with van der Waals surface area (Å²) in [7, 11) is -2.03. The van der Waals surface area contributed by atoms with Gasteiger partial charge in [0.25, 0.3) is 0 Å². The molecule has 2 rings (SSSR count). The molecule has 0 aliphatic heterocycles. The fourth-order valence-electron chi connectivity index (χ4n) is 1.98. The van der Waals surface area contributed by atoms with Crippen molar-refractivity contribution in [3.63, 3.8) is 0 Å². The monoisotopic (exact) mass is 352 g/mol. The smallest absolute Gasteiger partial charge is 0.249 e. The molecular weight excluding hydrogens is 332 g/mol. The van der Waals surface area contributed by atoms with Crippen LogP contribution in [-0.4, -0.2) is 21.4 Å². The highest BCUT2D eigenvalue weighted by atomic mass is 32.2. The first-order chi connectivity index (χ1) is 10.9. The van der Waals surface area contributed by atoms with Gasteiger partial charge in [0.1, 0.15) is 4.21 Å². The molecule has 2 aromatic rings. The molecule has 1 heterocycles. The molecule has 5 nitrogen and oxygen atoms in total. The minimum absolute atomic E-state index is 0.0444. The largest absolute Gasteiger partial charge is 0.351 e. The van der Waals surface area contributed by atoms with Gasteiger partial charge in [-0.1, -0.05) is 29.8 Å². The van der Waals surface area contributed by atoms with Gasteiger partial charge in [0.2, 0.25) is 15.9 Å². The van der Waals surface area contributed by atoms with E-state index in [0.29, 0.717) is 19.4 Å². The number of amides is 1. The third kappa shape index (κ3) is 5.16. The van der Waals surface area contributed by atoms with Crippen molar-refractivity contribution in [3.8, 4) is 0 Å². The third-order valence-corrected chi connectivity index (χ3v) is 6.38. The van der Waals surface area contributed by atoms with Crippen molar-refractivity contribution in [2.24, 2.45) is 0 Å². The second-order valence-corrected chi connectivity index (χ2v) is 8.47. The van der Waals surface area contributed by atoms with E-state index in [2.05, 4.69) is 10.0 Å². The summed E-state index contributed by atoms with van der Waals surface area (Å²) in [6.45, 7) is 2.37. The second-order valence-electron chi connectivity index (χ2n) is 5.19. The molecule has 0 radical (unpaired) electrons. The number of hydrogen-bond acceptors (Lipinski definition) is 4. The average molecular weight is 352 g/mol. The maximum atomic E-state index is 11.9. The van der Waals surface area contributed by atoms with Crippen molar-refractivity contribution in [1.29, 1.82) is 0 Å². The fourth-order valence-corrected chi connectivity index (χ4v) is 4.12. The van der Waals surface area contributed by atoms with Crippen LogP contribution in [-0.2, 0) is 27.8 Å². The van der Waals surface area contributed by atoms with Crippen molar-refractivity contribution in [2.45, 2.75) is 30.5 Å². The molecule has 1 aromatic carbocycles. The lowest BCUT2D eigenvalue weighted by atomic mass is 10.1. The number of rotatable bonds is 7. The van der Waals surface area contributed by atoms with Gasteiger partial charge in [-0.3, -0.25) is 4.79 Å². The van der Waals surface area contributed by atoms with Gasteiger partial charge in [0.15, 0.2) is 0 Å². The summed E-state index contributed by atoms with van der Waals surface area (Å²) in [6.07, 6.45) is 1.10. The molecule has 1 amide bonds. The highest BCUT2D eigenvalue weighted by molar-refractivity contribution is 7.91. The van der Waals surface area contributed by atoms with Gasteiger partial charge in [-0.15, -0.1) is 11.3 Å². The van der Waals surface area contributed by atoms with Crippen LogP contribution in [0.4, 0.5) is 0 Å². The number of benzene rings is 1. The Morgan fingerprint density at radius 1 is 1.13 bits per heavy atom. The average Bonchev–Trinajstić information content (AvgIpc) is 3.02. The molecule has 7 heteroatoms. The molecular formula is C16H20N2O3S2. The van der Waals surface area contributed by atoms with E-state index in [4.69, 9.17) is 0 Å². The van der Waals surface area contributed by atoms with Gasteiger partial charge < -0.3 is 5.32 Å². The fraction of sp³-hybridized carbons (Fsp3) is 0.312. The van der Waals surface area contributed by atoms with Gasteiger partial charge in [0.05, 0.1) is 6.54 Å². The van der Waals surface area contributed by atoms with Crippen LogP contribution in [0.2, 0.25) is 0 Å². The summed E-state index contributed by atoms with van der Waals surface area (Å²) < 4.78 is 25.8. The maximum Gasteiger partial charge on any atom is 0.249 e. The van der Waals surface area contributed by atoms with Gasteiger partial charge in [-0.25, -0.2) is 13.1 Å². The van der Waals surface area contributed by atoms with E-state index in [1.54, 1.807) is 12.1 Å². The first kappa shape index (κ1) is 17.7. The molecule has 1 aromatic heterocycles. The minimum atomic E-state index is -3.41. The topological polar surface area (TPSA) is 75.3 Å². The molecule has 0 unspecified atom stereocenters. The summed E-state index contributed by atoms with van der Waals surface area (Å²) in [4.78, 5) is 12.7. The van der Waals surface area contributed by atoms with Crippen LogP contribution in [0.25, 0.3) is 0 Å². The van der Waals surface area contributed by atoms with Crippen molar-refractivity contribution in [1.82, 2.24) is 10.0 Å². The Morgan fingerprint density at radius 3 is 2.48 bits per heavy atom. The van der Waals surface area contributed by atoms with Gasteiger partial charge in [-0.2, -0.15) is 0 Å². The quantitative estimate of drug-likeness (QED) is 0.802. The molecule has 0 saturated heterocycles. The zero-order valence-electron chi connectivity index (χ0n) is 13.1. The molecule has 0 atom stereocenters. The molecule has 0 aliphatic carbocycles. The zero-order chi connectivity index (χ0) is 16.9. The Hall–Kier alpha value is -1.70. The molecule has 124 valence electrons.